The van der Waals surface area contributed by atoms with E-state index in [4.69, 9.17) is 9.15 Å². The van der Waals surface area contributed by atoms with Gasteiger partial charge in [-0.05, 0) is 47.0 Å². The summed E-state index contributed by atoms with van der Waals surface area (Å²) in [6.45, 7) is 0.158. The van der Waals surface area contributed by atoms with Crippen LogP contribution < -0.4 is 0 Å². The predicted molar refractivity (Wildman–Crippen MR) is 117 cm³/mol. The number of halogens is 1. The molecule has 0 saturated heterocycles. The molecule has 6 heteroatoms. The Kier molecular flexibility index (Phi) is 6.38. The molecule has 0 amide bonds. The fourth-order valence-electron chi connectivity index (χ4n) is 3.23. The summed E-state index contributed by atoms with van der Waals surface area (Å²) >= 11 is 0. The fourth-order valence-corrected chi connectivity index (χ4v) is 3.23. The van der Waals surface area contributed by atoms with Crippen LogP contribution in [0.25, 0.3) is 22.5 Å². The molecule has 158 valence electrons. The number of hydrogen-bond donors (Lipinski definition) is 0. The second-order valence-corrected chi connectivity index (χ2v) is 7.14. The van der Waals surface area contributed by atoms with Gasteiger partial charge in [-0.2, -0.15) is 5.26 Å². The third-order valence-corrected chi connectivity index (χ3v) is 4.94. The Morgan fingerprint density at radius 3 is 2.47 bits per heavy atom. The van der Waals surface area contributed by atoms with Gasteiger partial charge in [0.15, 0.2) is 11.7 Å². The molecule has 3 aromatic carbocycles. The van der Waals surface area contributed by atoms with Gasteiger partial charge in [0, 0.05) is 12.0 Å². The van der Waals surface area contributed by atoms with Gasteiger partial charge in [-0.3, -0.25) is 4.79 Å². The molecule has 0 aliphatic heterocycles. The van der Waals surface area contributed by atoms with Gasteiger partial charge < -0.3 is 9.15 Å². The van der Waals surface area contributed by atoms with E-state index in [2.05, 4.69) is 11.1 Å². The minimum absolute atomic E-state index is 0.136. The van der Waals surface area contributed by atoms with E-state index in [1.807, 2.05) is 42.5 Å². The quantitative estimate of drug-likeness (QED) is 0.355. The highest BCUT2D eigenvalue weighted by atomic mass is 19.1. The van der Waals surface area contributed by atoms with Crippen LogP contribution in [0, 0.1) is 17.1 Å². The first kappa shape index (κ1) is 21.0. The SMILES string of the molecule is N#Cc1ccccc1-c1ccc(COC(=O)CCc2ncc(-c3ccc(F)cc3)o2)cc1. The maximum atomic E-state index is 13.0. The molecule has 0 bridgehead atoms. The number of oxazole rings is 1. The largest absolute Gasteiger partial charge is 0.461 e. The number of nitriles is 1. The van der Waals surface area contributed by atoms with Crippen molar-refractivity contribution >= 4 is 5.97 Å². The van der Waals surface area contributed by atoms with Crippen molar-refractivity contribution in [3.8, 4) is 28.5 Å². The van der Waals surface area contributed by atoms with Crippen LogP contribution in [-0.4, -0.2) is 11.0 Å². The first-order valence-corrected chi connectivity index (χ1v) is 10.1. The third kappa shape index (κ3) is 5.08. The Hall–Kier alpha value is -4.24. The Morgan fingerprint density at radius 1 is 1.00 bits per heavy atom. The van der Waals surface area contributed by atoms with Crippen LogP contribution >= 0.6 is 0 Å². The number of esters is 1. The van der Waals surface area contributed by atoms with Crippen LogP contribution in [0.5, 0.6) is 0 Å². The van der Waals surface area contributed by atoms with Gasteiger partial charge in [-0.25, -0.2) is 9.37 Å². The second-order valence-electron chi connectivity index (χ2n) is 7.14. The van der Waals surface area contributed by atoms with E-state index in [0.717, 1.165) is 16.7 Å². The molecule has 0 N–H and O–H groups in total. The molecule has 1 heterocycles. The molecule has 1 aromatic heterocycles. The Bertz CT molecular complexity index is 1260. The lowest BCUT2D eigenvalue weighted by atomic mass is 9.99. The fraction of sp³-hybridized carbons (Fsp3) is 0.115. The van der Waals surface area contributed by atoms with Gasteiger partial charge in [0.05, 0.1) is 24.3 Å². The number of benzene rings is 3. The molecule has 4 rings (SSSR count). The lowest BCUT2D eigenvalue weighted by Gasteiger charge is -2.07. The molecule has 0 atom stereocenters. The number of carbonyl (C=O) groups is 1. The van der Waals surface area contributed by atoms with Crippen molar-refractivity contribution in [1.82, 2.24) is 4.98 Å². The molecule has 5 nitrogen and oxygen atoms in total. The van der Waals surface area contributed by atoms with E-state index in [1.54, 1.807) is 24.4 Å². The zero-order valence-electron chi connectivity index (χ0n) is 17.1. The zero-order valence-corrected chi connectivity index (χ0v) is 17.1. The molecule has 0 unspecified atom stereocenters. The van der Waals surface area contributed by atoms with Crippen molar-refractivity contribution in [2.45, 2.75) is 19.4 Å². The van der Waals surface area contributed by atoms with Gasteiger partial charge in [0.2, 0.25) is 0 Å². The van der Waals surface area contributed by atoms with Gasteiger partial charge in [-0.1, -0.05) is 42.5 Å². The number of aromatic nitrogens is 1. The van der Waals surface area contributed by atoms with E-state index in [9.17, 15) is 14.4 Å². The number of nitrogens with zero attached hydrogens (tertiary/aromatic N) is 2. The van der Waals surface area contributed by atoms with Crippen LogP contribution in [0.15, 0.2) is 83.4 Å². The van der Waals surface area contributed by atoms with E-state index in [-0.39, 0.29) is 24.8 Å². The van der Waals surface area contributed by atoms with E-state index < -0.39 is 0 Å². The summed E-state index contributed by atoms with van der Waals surface area (Å²) in [6, 6.07) is 23.1. The van der Waals surface area contributed by atoms with E-state index in [1.165, 1.54) is 12.1 Å². The summed E-state index contributed by atoms with van der Waals surface area (Å²) in [5.74, 6) is 0.261. The summed E-state index contributed by atoms with van der Waals surface area (Å²) in [6.07, 6.45) is 2.00. The predicted octanol–water partition coefficient (Wildman–Crippen LogP) is 5.70. The van der Waals surface area contributed by atoms with Crippen LogP contribution in [0.2, 0.25) is 0 Å². The monoisotopic (exact) mass is 426 g/mol. The maximum absolute atomic E-state index is 13.0. The smallest absolute Gasteiger partial charge is 0.306 e. The highest BCUT2D eigenvalue weighted by Crippen LogP contribution is 2.24. The van der Waals surface area contributed by atoms with Crippen molar-refractivity contribution in [3.63, 3.8) is 0 Å². The first-order valence-electron chi connectivity index (χ1n) is 10.1. The Labute approximate surface area is 184 Å². The lowest BCUT2D eigenvalue weighted by molar-refractivity contribution is -0.145. The average Bonchev–Trinajstić information content (AvgIpc) is 3.31. The molecule has 0 aliphatic carbocycles. The van der Waals surface area contributed by atoms with Crippen LogP contribution in [0.4, 0.5) is 4.39 Å². The number of hydrogen-bond acceptors (Lipinski definition) is 5. The van der Waals surface area contributed by atoms with Gasteiger partial charge in [-0.15, -0.1) is 0 Å². The average molecular weight is 426 g/mol. The third-order valence-electron chi connectivity index (χ3n) is 4.94. The van der Waals surface area contributed by atoms with E-state index >= 15 is 0 Å². The molecular weight excluding hydrogens is 407 g/mol. The van der Waals surface area contributed by atoms with Crippen molar-refractivity contribution < 1.29 is 18.3 Å². The minimum atomic E-state index is -0.356. The Morgan fingerprint density at radius 2 is 1.72 bits per heavy atom. The molecule has 0 spiro atoms. The number of ether oxygens (including phenoxy) is 1. The zero-order chi connectivity index (χ0) is 22.3. The summed E-state index contributed by atoms with van der Waals surface area (Å²) < 4.78 is 24.0. The number of rotatable bonds is 7. The van der Waals surface area contributed by atoms with Gasteiger partial charge in [0.25, 0.3) is 0 Å². The van der Waals surface area contributed by atoms with Crippen LogP contribution in [0.3, 0.4) is 0 Å². The van der Waals surface area contributed by atoms with Crippen molar-refractivity contribution in [3.05, 3.63) is 102 Å². The molecule has 0 fully saturated rings. The summed E-state index contributed by atoms with van der Waals surface area (Å²) in [7, 11) is 0. The van der Waals surface area contributed by atoms with Crippen molar-refractivity contribution in [1.29, 1.82) is 5.26 Å². The van der Waals surface area contributed by atoms with Crippen LogP contribution in [-0.2, 0) is 22.6 Å². The molecule has 0 aliphatic rings. The highest BCUT2D eigenvalue weighted by Gasteiger charge is 2.11. The number of aryl methyl sites for hydroxylation is 1. The minimum Gasteiger partial charge on any atom is -0.461 e. The van der Waals surface area contributed by atoms with Crippen LogP contribution in [0.1, 0.15) is 23.4 Å². The molecule has 32 heavy (non-hydrogen) atoms. The van der Waals surface area contributed by atoms with Crippen molar-refractivity contribution in [2.75, 3.05) is 0 Å². The highest BCUT2D eigenvalue weighted by molar-refractivity contribution is 5.71. The number of carbonyl (C=O) groups excluding carboxylic acids is 1. The summed E-state index contributed by atoms with van der Waals surface area (Å²) in [4.78, 5) is 16.3. The lowest BCUT2D eigenvalue weighted by Crippen LogP contribution is -2.06. The topological polar surface area (TPSA) is 76.1 Å². The second kappa shape index (κ2) is 9.71. The Balaban J connectivity index is 1.28. The van der Waals surface area contributed by atoms with Crippen molar-refractivity contribution in [2.24, 2.45) is 0 Å². The van der Waals surface area contributed by atoms with Gasteiger partial charge in [0.1, 0.15) is 12.4 Å². The standard InChI is InChI=1S/C26H19FN2O3/c27-22-11-9-20(10-12-22)24-16-29-25(32-24)13-14-26(30)31-17-18-5-7-19(8-6-18)23-4-2-1-3-21(23)15-28/h1-12,16H,13-14,17H2. The summed E-state index contributed by atoms with van der Waals surface area (Å²) in [5.41, 5.74) is 3.98. The molecule has 4 aromatic rings. The van der Waals surface area contributed by atoms with E-state index in [0.29, 0.717) is 29.2 Å². The first-order chi connectivity index (χ1) is 15.6. The maximum Gasteiger partial charge on any atom is 0.306 e. The molecule has 0 radical (unpaired) electrons. The van der Waals surface area contributed by atoms with Gasteiger partial charge >= 0.3 is 5.97 Å². The molecule has 0 saturated carbocycles. The normalized spacial score (nSPS) is 10.5. The molecular formula is C26H19FN2O3. The summed E-state index contributed by atoms with van der Waals surface area (Å²) in [5, 5.41) is 9.25.